The Bertz CT molecular complexity index is 97.4. The van der Waals surface area contributed by atoms with E-state index >= 15 is 0 Å². The first-order valence-corrected chi connectivity index (χ1v) is 5.89. The van der Waals surface area contributed by atoms with E-state index in [1.54, 1.807) is 0 Å². The van der Waals surface area contributed by atoms with Crippen molar-refractivity contribution in [3.8, 4) is 0 Å². The quantitative estimate of drug-likeness (QED) is 0.436. The second kappa shape index (κ2) is 3.70. The molecular weight excluding hydrogens is 139 g/mol. The van der Waals surface area contributed by atoms with Crippen molar-refractivity contribution >= 4 is 17.3 Å². The van der Waals surface area contributed by atoms with Crippen molar-refractivity contribution in [1.29, 1.82) is 0 Å². The van der Waals surface area contributed by atoms with Crippen LogP contribution in [0.1, 0.15) is 27.7 Å². The third-order valence-corrected chi connectivity index (χ3v) is 3.11. The topological polar surface area (TPSA) is 0 Å². The summed E-state index contributed by atoms with van der Waals surface area (Å²) < 4.78 is 0. The Balaban J connectivity index is 3.87. The van der Waals surface area contributed by atoms with Gasteiger partial charge in [-0.25, -0.2) is 0 Å². The van der Waals surface area contributed by atoms with E-state index in [-0.39, 0.29) is 0 Å². The molecule has 0 aromatic carbocycles. The van der Waals surface area contributed by atoms with Gasteiger partial charge in [0.05, 0.1) is 0 Å². The van der Waals surface area contributed by atoms with E-state index in [9.17, 15) is 0 Å². The zero-order valence-corrected chi connectivity index (χ0v) is 8.88. The number of hydrogen-bond donors (Lipinski definition) is 0. The molecule has 0 fully saturated rings. The second-order valence-corrected chi connectivity index (χ2v) is 5.97. The fourth-order valence-electron chi connectivity index (χ4n) is 0.744. The zero-order valence-electron chi connectivity index (χ0n) is 8.06. The first-order chi connectivity index (χ1) is 4.36. The van der Waals surface area contributed by atoms with E-state index in [0.717, 1.165) is 5.92 Å². The summed E-state index contributed by atoms with van der Waals surface area (Å²) in [5.41, 5.74) is 0. The molecule has 60 valence electrons. The Labute approximate surface area is 69.3 Å². The van der Waals surface area contributed by atoms with Gasteiger partial charge in [-0.1, -0.05) is 0 Å². The Kier molecular flexibility index (Phi) is 3.86. The van der Waals surface area contributed by atoms with E-state index < -0.39 is 0 Å². The van der Waals surface area contributed by atoms with Gasteiger partial charge in [0.1, 0.15) is 0 Å². The molecule has 0 aromatic heterocycles. The molecule has 0 radical (unpaired) electrons. The van der Waals surface area contributed by atoms with Gasteiger partial charge in [0.15, 0.2) is 0 Å². The van der Waals surface area contributed by atoms with Crippen LogP contribution in [-0.4, -0.2) is 19.1 Å². The monoisotopic (exact) mass is 158 g/mol. The van der Waals surface area contributed by atoms with Gasteiger partial charge in [0.2, 0.25) is 0 Å². The minimum atomic E-state index is 0.409. The van der Waals surface area contributed by atoms with Crippen LogP contribution in [0.3, 0.4) is 0 Å². The molecule has 0 atom stereocenters. The SMILES string of the molecule is CC(C)C(C)(C)[B+][S-](C)C. The molecule has 0 unspecified atom stereocenters. The fraction of sp³-hybridized carbons (Fsp3) is 1.00. The van der Waals surface area contributed by atoms with Crippen molar-refractivity contribution in [2.45, 2.75) is 33.0 Å². The number of hydrogen-bond acceptors (Lipinski definition) is 1. The van der Waals surface area contributed by atoms with Crippen molar-refractivity contribution in [1.82, 2.24) is 0 Å². The summed E-state index contributed by atoms with van der Waals surface area (Å²) in [5.74, 6) is 0.752. The van der Waals surface area contributed by atoms with Gasteiger partial charge in [-0.05, 0) is 0 Å². The van der Waals surface area contributed by atoms with Gasteiger partial charge in [-0.15, -0.1) is 0 Å². The van der Waals surface area contributed by atoms with Gasteiger partial charge in [-0.3, -0.25) is 0 Å². The summed E-state index contributed by atoms with van der Waals surface area (Å²) in [4.78, 5) is 0. The third kappa shape index (κ3) is 3.55. The molecule has 0 bridgehead atoms. The molecule has 0 N–H and O–H groups in total. The van der Waals surface area contributed by atoms with Crippen LogP contribution in [0, 0.1) is 5.92 Å². The molecule has 0 nitrogen and oxygen atoms in total. The summed E-state index contributed by atoms with van der Waals surface area (Å²) in [6.07, 6.45) is 4.54. The van der Waals surface area contributed by atoms with Crippen LogP contribution in [0.4, 0.5) is 0 Å². The van der Waals surface area contributed by atoms with E-state index in [1.807, 2.05) is 0 Å². The summed E-state index contributed by atoms with van der Waals surface area (Å²) in [6, 6.07) is 0. The summed E-state index contributed by atoms with van der Waals surface area (Å²) >= 11 is 0. The van der Waals surface area contributed by atoms with Gasteiger partial charge in [0.25, 0.3) is 0 Å². The molecule has 0 aliphatic carbocycles. The molecule has 0 saturated heterocycles. The van der Waals surface area contributed by atoms with Gasteiger partial charge < -0.3 is 0 Å². The molecule has 0 amide bonds. The van der Waals surface area contributed by atoms with Crippen molar-refractivity contribution in [2.75, 3.05) is 12.5 Å². The predicted octanol–water partition coefficient (Wildman–Crippen LogP) is 2.34. The van der Waals surface area contributed by atoms with Crippen LogP contribution in [0.5, 0.6) is 0 Å². The summed E-state index contributed by atoms with van der Waals surface area (Å²) in [7, 11) is 0.469. The zero-order chi connectivity index (χ0) is 8.36. The van der Waals surface area contributed by atoms with Crippen LogP contribution in [0.25, 0.3) is 0 Å². The van der Waals surface area contributed by atoms with Gasteiger partial charge >= 0.3 is 68.7 Å². The first-order valence-electron chi connectivity index (χ1n) is 3.78. The van der Waals surface area contributed by atoms with E-state index in [4.69, 9.17) is 0 Å². The second-order valence-electron chi connectivity index (χ2n) is 3.97. The molecule has 0 rings (SSSR count). The molecule has 2 heteroatoms. The molecule has 0 saturated carbocycles. The molecule has 0 spiro atoms. The standard InChI is InChI=1S/C8H19BS/c1-7(2)8(3,4)9-10(5)6/h7H,1-6H3. The van der Waals surface area contributed by atoms with Crippen LogP contribution >= 0.6 is 0 Å². The average molecular weight is 158 g/mol. The van der Waals surface area contributed by atoms with Crippen LogP contribution in [0.15, 0.2) is 0 Å². The molecular formula is C8H19BS. The van der Waals surface area contributed by atoms with Gasteiger partial charge in [0, 0.05) is 0 Å². The summed E-state index contributed by atoms with van der Waals surface area (Å²) in [5, 5.41) is 0.409. The molecule has 0 aliphatic heterocycles. The van der Waals surface area contributed by atoms with Crippen LogP contribution in [0.2, 0.25) is 5.31 Å². The van der Waals surface area contributed by atoms with Crippen LogP contribution in [-0.2, 0) is 10.7 Å². The molecule has 0 aliphatic rings. The first kappa shape index (κ1) is 10.4. The van der Waals surface area contributed by atoms with Gasteiger partial charge in [-0.2, -0.15) is 0 Å². The van der Waals surface area contributed by atoms with Crippen molar-refractivity contribution < 1.29 is 0 Å². The Morgan fingerprint density at radius 1 is 1.20 bits per heavy atom. The van der Waals surface area contributed by atoms with E-state index in [1.165, 1.54) is 0 Å². The Morgan fingerprint density at radius 3 is 1.70 bits per heavy atom. The number of rotatable bonds is 3. The molecule has 0 heterocycles. The normalized spacial score (nSPS) is 13.3. The van der Waals surface area contributed by atoms with E-state index in [0.29, 0.717) is 16.1 Å². The Morgan fingerprint density at radius 2 is 1.60 bits per heavy atom. The van der Waals surface area contributed by atoms with Crippen LogP contribution < -0.4 is 0 Å². The van der Waals surface area contributed by atoms with E-state index in [2.05, 4.69) is 46.8 Å². The average Bonchev–Trinajstić information content (AvgIpc) is 1.60. The fourth-order valence-corrected chi connectivity index (χ4v) is 2.23. The van der Waals surface area contributed by atoms with Crippen molar-refractivity contribution in [2.24, 2.45) is 5.92 Å². The van der Waals surface area contributed by atoms with Crippen molar-refractivity contribution in [3.63, 3.8) is 0 Å². The molecule has 0 aromatic rings. The van der Waals surface area contributed by atoms with Crippen molar-refractivity contribution in [3.05, 3.63) is 0 Å². The summed E-state index contributed by atoms with van der Waals surface area (Å²) in [6.45, 7) is 11.6. The predicted molar refractivity (Wildman–Crippen MR) is 53.8 cm³/mol. The Hall–Kier alpha value is 0.415. The maximum atomic E-state index is 2.46. The molecule has 10 heavy (non-hydrogen) atoms. The maximum absolute atomic E-state index is 2.46. The third-order valence-electron chi connectivity index (χ3n) is 2.03. The minimum absolute atomic E-state index is 0.409.